The highest BCUT2D eigenvalue weighted by Gasteiger charge is 2.06. The van der Waals surface area contributed by atoms with Crippen LogP contribution in [0.5, 0.6) is 0 Å². The summed E-state index contributed by atoms with van der Waals surface area (Å²) in [6, 6.07) is 6.71. The Hall–Kier alpha value is -2.21. The van der Waals surface area contributed by atoms with Gasteiger partial charge in [-0.2, -0.15) is 5.10 Å². The third kappa shape index (κ3) is 4.13. The van der Waals surface area contributed by atoms with Gasteiger partial charge >= 0.3 is 0 Å². The molecule has 0 unspecified atom stereocenters. The van der Waals surface area contributed by atoms with Gasteiger partial charge in [0, 0.05) is 37.5 Å². The van der Waals surface area contributed by atoms with Gasteiger partial charge in [-0.1, -0.05) is 19.1 Å². The number of nitrogens with zero attached hydrogens (tertiary/aromatic N) is 3. The van der Waals surface area contributed by atoms with Gasteiger partial charge < -0.3 is 5.32 Å². The third-order valence-corrected chi connectivity index (χ3v) is 3.38. The van der Waals surface area contributed by atoms with Gasteiger partial charge in [0.25, 0.3) is 5.69 Å². The molecule has 2 rings (SSSR count). The SMILES string of the molecule is CCc1nn(C)cc1CNCCc1ccc([N+](=O)[O-])cc1. The largest absolute Gasteiger partial charge is 0.312 e. The van der Waals surface area contributed by atoms with Crippen molar-refractivity contribution in [2.45, 2.75) is 26.3 Å². The van der Waals surface area contributed by atoms with Crippen LogP contribution in [0.4, 0.5) is 5.69 Å². The van der Waals surface area contributed by atoms with Crippen molar-refractivity contribution in [3.8, 4) is 0 Å². The summed E-state index contributed by atoms with van der Waals surface area (Å²) in [7, 11) is 1.93. The highest BCUT2D eigenvalue weighted by Crippen LogP contribution is 2.12. The molecule has 112 valence electrons. The molecule has 0 bridgehead atoms. The number of nitro benzene ring substituents is 1. The molecule has 1 aromatic heterocycles. The van der Waals surface area contributed by atoms with Crippen LogP contribution in [0.1, 0.15) is 23.7 Å². The number of hydrogen-bond acceptors (Lipinski definition) is 4. The zero-order chi connectivity index (χ0) is 15.2. The van der Waals surface area contributed by atoms with Crippen LogP contribution in [0.15, 0.2) is 30.5 Å². The normalized spacial score (nSPS) is 10.8. The van der Waals surface area contributed by atoms with Crippen LogP contribution in [0, 0.1) is 10.1 Å². The smallest absolute Gasteiger partial charge is 0.269 e. The second kappa shape index (κ2) is 6.99. The van der Waals surface area contributed by atoms with E-state index in [-0.39, 0.29) is 10.6 Å². The van der Waals surface area contributed by atoms with E-state index < -0.39 is 0 Å². The lowest BCUT2D eigenvalue weighted by molar-refractivity contribution is -0.384. The average Bonchev–Trinajstić information content (AvgIpc) is 2.84. The predicted octanol–water partition coefficient (Wildman–Crippen LogP) is 2.22. The Balaban J connectivity index is 1.80. The van der Waals surface area contributed by atoms with E-state index in [1.54, 1.807) is 24.3 Å². The summed E-state index contributed by atoms with van der Waals surface area (Å²) in [5, 5.41) is 18.4. The van der Waals surface area contributed by atoms with Crippen molar-refractivity contribution in [2.75, 3.05) is 6.54 Å². The highest BCUT2D eigenvalue weighted by molar-refractivity contribution is 5.32. The van der Waals surface area contributed by atoms with E-state index in [1.807, 2.05) is 17.9 Å². The number of benzene rings is 1. The minimum atomic E-state index is -0.378. The number of aromatic nitrogens is 2. The van der Waals surface area contributed by atoms with E-state index >= 15 is 0 Å². The number of rotatable bonds is 7. The Bertz CT molecular complexity index is 605. The Labute approximate surface area is 123 Å². The van der Waals surface area contributed by atoms with Gasteiger partial charge in [-0.05, 0) is 24.9 Å². The molecule has 0 radical (unpaired) electrons. The summed E-state index contributed by atoms with van der Waals surface area (Å²) in [6.45, 7) is 3.72. The lowest BCUT2D eigenvalue weighted by Gasteiger charge is -2.04. The molecule has 0 atom stereocenters. The van der Waals surface area contributed by atoms with Crippen molar-refractivity contribution in [3.63, 3.8) is 0 Å². The number of nitro groups is 1. The van der Waals surface area contributed by atoms with Crippen LogP contribution >= 0.6 is 0 Å². The van der Waals surface area contributed by atoms with Crippen molar-refractivity contribution in [1.82, 2.24) is 15.1 Å². The van der Waals surface area contributed by atoms with Crippen LogP contribution in [0.3, 0.4) is 0 Å². The monoisotopic (exact) mass is 288 g/mol. The van der Waals surface area contributed by atoms with E-state index in [4.69, 9.17) is 0 Å². The van der Waals surface area contributed by atoms with Crippen molar-refractivity contribution in [2.24, 2.45) is 7.05 Å². The molecule has 6 heteroatoms. The van der Waals surface area contributed by atoms with Crippen molar-refractivity contribution in [1.29, 1.82) is 0 Å². The highest BCUT2D eigenvalue weighted by atomic mass is 16.6. The van der Waals surface area contributed by atoms with Crippen molar-refractivity contribution < 1.29 is 4.92 Å². The fourth-order valence-electron chi connectivity index (χ4n) is 2.27. The molecule has 21 heavy (non-hydrogen) atoms. The summed E-state index contributed by atoms with van der Waals surface area (Å²) < 4.78 is 1.84. The molecule has 1 N–H and O–H groups in total. The lowest BCUT2D eigenvalue weighted by Crippen LogP contribution is -2.17. The summed E-state index contributed by atoms with van der Waals surface area (Å²) in [6.07, 6.45) is 3.82. The molecule has 0 saturated heterocycles. The fraction of sp³-hybridized carbons (Fsp3) is 0.400. The first-order valence-corrected chi connectivity index (χ1v) is 7.05. The molecule has 2 aromatic rings. The van der Waals surface area contributed by atoms with Gasteiger partial charge in [0.1, 0.15) is 0 Å². The first kappa shape index (κ1) is 15.2. The molecule has 1 heterocycles. The number of nitrogens with one attached hydrogen (secondary N) is 1. The van der Waals surface area contributed by atoms with Crippen LogP contribution in [0.2, 0.25) is 0 Å². The number of hydrogen-bond donors (Lipinski definition) is 1. The Kier molecular flexibility index (Phi) is 5.05. The average molecular weight is 288 g/mol. The fourth-order valence-corrected chi connectivity index (χ4v) is 2.27. The maximum Gasteiger partial charge on any atom is 0.269 e. The van der Waals surface area contributed by atoms with Gasteiger partial charge in [-0.3, -0.25) is 14.8 Å². The Morgan fingerprint density at radius 2 is 2.05 bits per heavy atom. The maximum atomic E-state index is 10.6. The van der Waals surface area contributed by atoms with Gasteiger partial charge in [0.15, 0.2) is 0 Å². The number of non-ortho nitro benzene ring substituents is 1. The Morgan fingerprint density at radius 1 is 1.33 bits per heavy atom. The molecular weight excluding hydrogens is 268 g/mol. The predicted molar refractivity (Wildman–Crippen MR) is 81.1 cm³/mol. The summed E-state index contributed by atoms with van der Waals surface area (Å²) in [4.78, 5) is 10.2. The maximum absolute atomic E-state index is 10.6. The summed E-state index contributed by atoms with van der Waals surface area (Å²) in [5.74, 6) is 0. The molecule has 0 spiro atoms. The number of aryl methyl sites for hydroxylation is 2. The van der Waals surface area contributed by atoms with E-state index in [0.717, 1.165) is 37.2 Å². The van der Waals surface area contributed by atoms with Gasteiger partial charge in [-0.15, -0.1) is 0 Å². The van der Waals surface area contributed by atoms with E-state index in [2.05, 4.69) is 17.3 Å². The minimum absolute atomic E-state index is 0.134. The first-order chi connectivity index (χ1) is 10.1. The van der Waals surface area contributed by atoms with Crippen molar-refractivity contribution >= 4 is 5.69 Å². The molecular formula is C15H20N4O2. The third-order valence-electron chi connectivity index (χ3n) is 3.38. The van der Waals surface area contributed by atoms with Crippen LogP contribution in [0.25, 0.3) is 0 Å². The lowest BCUT2D eigenvalue weighted by atomic mass is 10.1. The zero-order valence-corrected chi connectivity index (χ0v) is 12.4. The molecule has 0 aliphatic rings. The van der Waals surface area contributed by atoms with E-state index in [1.165, 1.54) is 5.56 Å². The minimum Gasteiger partial charge on any atom is -0.312 e. The topological polar surface area (TPSA) is 73.0 Å². The molecule has 0 fully saturated rings. The van der Waals surface area contributed by atoms with Gasteiger partial charge in [0.05, 0.1) is 10.6 Å². The standard InChI is InChI=1S/C15H20N4O2/c1-3-15-13(11-18(2)17-15)10-16-9-8-12-4-6-14(7-5-12)19(20)21/h4-7,11,16H,3,8-10H2,1-2H3. The summed E-state index contributed by atoms with van der Waals surface area (Å²) in [5.41, 5.74) is 3.58. The van der Waals surface area contributed by atoms with Crippen LogP contribution < -0.4 is 5.32 Å². The molecule has 0 amide bonds. The second-order valence-corrected chi connectivity index (χ2v) is 4.98. The first-order valence-electron chi connectivity index (χ1n) is 7.05. The van der Waals surface area contributed by atoms with E-state index in [0.29, 0.717) is 0 Å². The molecule has 0 aliphatic carbocycles. The molecule has 1 aromatic carbocycles. The van der Waals surface area contributed by atoms with Crippen LogP contribution in [-0.4, -0.2) is 21.2 Å². The summed E-state index contributed by atoms with van der Waals surface area (Å²) >= 11 is 0. The second-order valence-electron chi connectivity index (χ2n) is 4.98. The molecule has 0 aliphatic heterocycles. The van der Waals surface area contributed by atoms with Crippen LogP contribution in [-0.2, 0) is 26.4 Å². The quantitative estimate of drug-likeness (QED) is 0.481. The van der Waals surface area contributed by atoms with Gasteiger partial charge in [-0.25, -0.2) is 0 Å². The molecule has 0 saturated carbocycles. The Morgan fingerprint density at radius 3 is 2.67 bits per heavy atom. The molecule has 6 nitrogen and oxygen atoms in total. The van der Waals surface area contributed by atoms with E-state index in [9.17, 15) is 10.1 Å². The zero-order valence-electron chi connectivity index (χ0n) is 12.4. The van der Waals surface area contributed by atoms with Crippen molar-refractivity contribution in [3.05, 3.63) is 57.4 Å². The van der Waals surface area contributed by atoms with Gasteiger partial charge in [0.2, 0.25) is 0 Å².